The number of hydrogen-bond acceptors (Lipinski definition) is 2. The minimum Gasteiger partial charge on any atom is -0.363 e. The Bertz CT molecular complexity index is 402. The van der Waals surface area contributed by atoms with Crippen LogP contribution in [0.15, 0.2) is 24.3 Å². The molecule has 114 valence electrons. The van der Waals surface area contributed by atoms with Crippen molar-refractivity contribution in [3.8, 4) is 0 Å². The van der Waals surface area contributed by atoms with Gasteiger partial charge in [0.2, 0.25) is 0 Å². The van der Waals surface area contributed by atoms with E-state index in [1.165, 1.54) is 4.90 Å². The van der Waals surface area contributed by atoms with Gasteiger partial charge >= 0.3 is 6.18 Å². The summed E-state index contributed by atoms with van der Waals surface area (Å²) in [5.41, 5.74) is 1.56. The van der Waals surface area contributed by atoms with Crippen LogP contribution in [-0.2, 0) is 6.54 Å². The van der Waals surface area contributed by atoms with Crippen molar-refractivity contribution in [3.63, 3.8) is 0 Å². The van der Waals surface area contributed by atoms with E-state index in [1.54, 1.807) is 19.1 Å². The third-order valence-electron chi connectivity index (χ3n) is 2.95. The summed E-state index contributed by atoms with van der Waals surface area (Å²) in [5.74, 6) is 0.514. The molecular formula is C15H23F3N2. The Morgan fingerprint density at radius 2 is 1.85 bits per heavy atom. The van der Waals surface area contributed by atoms with Crippen molar-refractivity contribution in [1.29, 1.82) is 0 Å². The van der Waals surface area contributed by atoms with Crippen LogP contribution >= 0.6 is 0 Å². The summed E-state index contributed by atoms with van der Waals surface area (Å²) in [4.78, 5) is 1.37. The fraction of sp³-hybridized carbons (Fsp3) is 0.600. The Balaban J connectivity index is 2.81. The molecule has 0 fully saturated rings. The van der Waals surface area contributed by atoms with E-state index in [1.807, 2.05) is 12.1 Å². The topological polar surface area (TPSA) is 15.3 Å². The lowest BCUT2D eigenvalue weighted by atomic mass is 10.1. The van der Waals surface area contributed by atoms with Gasteiger partial charge in [-0.2, -0.15) is 13.2 Å². The van der Waals surface area contributed by atoms with Crippen molar-refractivity contribution in [3.05, 3.63) is 29.8 Å². The summed E-state index contributed by atoms with van der Waals surface area (Å²) in [6.45, 7) is 6.79. The van der Waals surface area contributed by atoms with Crippen LogP contribution in [0.5, 0.6) is 0 Å². The zero-order valence-corrected chi connectivity index (χ0v) is 12.3. The molecule has 0 aliphatic carbocycles. The molecule has 0 aliphatic heterocycles. The fourth-order valence-electron chi connectivity index (χ4n) is 2.05. The summed E-state index contributed by atoms with van der Waals surface area (Å²) in [6, 6.07) is 7.26. The number of halogens is 3. The Morgan fingerprint density at radius 3 is 2.40 bits per heavy atom. The lowest BCUT2D eigenvalue weighted by molar-refractivity contribution is -0.119. The van der Waals surface area contributed by atoms with Crippen LogP contribution in [0.4, 0.5) is 18.9 Å². The van der Waals surface area contributed by atoms with E-state index in [0.717, 1.165) is 12.1 Å². The SMILES string of the molecule is CCN(CC(F)(F)F)c1ccccc1CNCC(C)C. The normalized spacial score (nSPS) is 11.9. The average Bonchev–Trinajstić information content (AvgIpc) is 2.35. The molecule has 1 aromatic carbocycles. The number of anilines is 1. The zero-order valence-electron chi connectivity index (χ0n) is 12.3. The van der Waals surface area contributed by atoms with Crippen LogP contribution in [0, 0.1) is 5.92 Å². The van der Waals surface area contributed by atoms with E-state index in [-0.39, 0.29) is 0 Å². The van der Waals surface area contributed by atoms with Gasteiger partial charge in [-0.1, -0.05) is 32.0 Å². The van der Waals surface area contributed by atoms with Crippen molar-refractivity contribution in [2.45, 2.75) is 33.5 Å². The number of nitrogens with zero attached hydrogens (tertiary/aromatic N) is 1. The zero-order chi connectivity index (χ0) is 15.2. The quantitative estimate of drug-likeness (QED) is 0.820. The van der Waals surface area contributed by atoms with Gasteiger partial charge in [0.15, 0.2) is 0 Å². The maximum atomic E-state index is 12.6. The molecule has 2 nitrogen and oxygen atoms in total. The van der Waals surface area contributed by atoms with Crippen molar-refractivity contribution >= 4 is 5.69 Å². The number of rotatable bonds is 7. The van der Waals surface area contributed by atoms with Gasteiger partial charge in [-0.15, -0.1) is 0 Å². The Morgan fingerprint density at radius 1 is 1.20 bits per heavy atom. The first kappa shape index (κ1) is 16.8. The largest absolute Gasteiger partial charge is 0.405 e. The number of hydrogen-bond donors (Lipinski definition) is 1. The molecule has 1 N–H and O–H groups in total. The van der Waals surface area contributed by atoms with Gasteiger partial charge < -0.3 is 10.2 Å². The van der Waals surface area contributed by atoms with E-state index >= 15 is 0 Å². The highest BCUT2D eigenvalue weighted by Crippen LogP contribution is 2.25. The lowest BCUT2D eigenvalue weighted by Gasteiger charge is -2.27. The molecular weight excluding hydrogens is 265 g/mol. The predicted octanol–water partition coefficient (Wildman–Crippen LogP) is 3.82. The van der Waals surface area contributed by atoms with Gasteiger partial charge in [-0.05, 0) is 31.0 Å². The molecule has 0 aromatic heterocycles. The highest BCUT2D eigenvalue weighted by molar-refractivity contribution is 5.53. The molecule has 0 aliphatic rings. The van der Waals surface area contributed by atoms with Crippen molar-refractivity contribution in [2.75, 3.05) is 24.5 Å². The predicted molar refractivity (Wildman–Crippen MR) is 76.9 cm³/mol. The molecule has 0 spiro atoms. The van der Waals surface area contributed by atoms with E-state index in [0.29, 0.717) is 24.7 Å². The number of para-hydroxylation sites is 1. The Hall–Kier alpha value is -1.23. The highest BCUT2D eigenvalue weighted by atomic mass is 19.4. The van der Waals surface area contributed by atoms with E-state index in [9.17, 15) is 13.2 Å². The maximum absolute atomic E-state index is 12.6. The van der Waals surface area contributed by atoms with Crippen molar-refractivity contribution in [1.82, 2.24) is 5.32 Å². The summed E-state index contributed by atoms with van der Waals surface area (Å²) in [6.07, 6.45) is -4.19. The summed E-state index contributed by atoms with van der Waals surface area (Å²) >= 11 is 0. The second kappa shape index (κ2) is 7.53. The molecule has 0 saturated heterocycles. The van der Waals surface area contributed by atoms with E-state index in [4.69, 9.17) is 0 Å². The molecule has 5 heteroatoms. The van der Waals surface area contributed by atoms with Crippen LogP contribution in [0.25, 0.3) is 0 Å². The molecule has 20 heavy (non-hydrogen) atoms. The molecule has 1 aromatic rings. The minimum atomic E-state index is -4.19. The smallest absolute Gasteiger partial charge is 0.363 e. The molecule has 0 radical (unpaired) electrons. The number of alkyl halides is 3. The van der Waals surface area contributed by atoms with Crippen LogP contribution in [-0.4, -0.2) is 25.8 Å². The molecule has 0 atom stereocenters. The number of nitrogens with one attached hydrogen (secondary N) is 1. The third kappa shape index (κ3) is 5.82. The minimum absolute atomic E-state index is 0.334. The highest BCUT2D eigenvalue weighted by Gasteiger charge is 2.30. The standard InChI is InChI=1S/C15H23F3N2/c1-4-20(11-15(16,17)18)14-8-6-5-7-13(14)10-19-9-12(2)3/h5-8,12,19H,4,9-11H2,1-3H3. The van der Waals surface area contributed by atoms with Gasteiger partial charge in [0, 0.05) is 18.8 Å². The first-order valence-electron chi connectivity index (χ1n) is 6.93. The fourth-order valence-corrected chi connectivity index (χ4v) is 2.05. The molecule has 1 rings (SSSR count). The van der Waals surface area contributed by atoms with Crippen LogP contribution < -0.4 is 10.2 Å². The van der Waals surface area contributed by atoms with Crippen LogP contribution in [0.1, 0.15) is 26.3 Å². The molecule has 0 amide bonds. The summed E-state index contributed by atoms with van der Waals surface area (Å²) < 4.78 is 37.8. The number of benzene rings is 1. The van der Waals surface area contributed by atoms with Gasteiger partial charge in [0.25, 0.3) is 0 Å². The van der Waals surface area contributed by atoms with Gasteiger partial charge in [-0.3, -0.25) is 0 Å². The average molecular weight is 288 g/mol. The van der Waals surface area contributed by atoms with Crippen LogP contribution in [0.3, 0.4) is 0 Å². The monoisotopic (exact) mass is 288 g/mol. The van der Waals surface area contributed by atoms with E-state index < -0.39 is 12.7 Å². The van der Waals surface area contributed by atoms with Gasteiger partial charge in [0.1, 0.15) is 6.54 Å². The summed E-state index contributed by atoms with van der Waals surface area (Å²) in [5, 5.41) is 3.28. The second-order valence-electron chi connectivity index (χ2n) is 5.28. The molecule has 0 unspecified atom stereocenters. The Kier molecular flexibility index (Phi) is 6.33. The first-order valence-corrected chi connectivity index (χ1v) is 6.93. The lowest BCUT2D eigenvalue weighted by Crippen LogP contribution is -2.35. The third-order valence-corrected chi connectivity index (χ3v) is 2.95. The summed E-state index contributed by atoms with van der Waals surface area (Å²) in [7, 11) is 0. The molecule has 0 saturated carbocycles. The van der Waals surface area contributed by atoms with Crippen molar-refractivity contribution in [2.24, 2.45) is 5.92 Å². The molecule has 0 heterocycles. The van der Waals surface area contributed by atoms with Crippen LogP contribution in [0.2, 0.25) is 0 Å². The Labute approximate surface area is 119 Å². The van der Waals surface area contributed by atoms with Crippen molar-refractivity contribution < 1.29 is 13.2 Å². The first-order chi connectivity index (χ1) is 9.33. The molecule has 0 bridgehead atoms. The van der Waals surface area contributed by atoms with Gasteiger partial charge in [-0.25, -0.2) is 0 Å². The van der Waals surface area contributed by atoms with Gasteiger partial charge in [0.05, 0.1) is 0 Å². The van der Waals surface area contributed by atoms with E-state index in [2.05, 4.69) is 19.2 Å². The maximum Gasteiger partial charge on any atom is 0.405 e. The second-order valence-corrected chi connectivity index (χ2v) is 5.28.